The Morgan fingerprint density at radius 2 is 2.13 bits per heavy atom. The Hall–Kier alpha value is -2.24. The highest BCUT2D eigenvalue weighted by Crippen LogP contribution is 2.27. The summed E-state index contributed by atoms with van der Waals surface area (Å²) in [6.45, 7) is 1.87. The molecule has 0 aliphatic heterocycles. The van der Waals surface area contributed by atoms with Gasteiger partial charge in [0.15, 0.2) is 0 Å². The Morgan fingerprint density at radius 3 is 2.83 bits per heavy atom. The molecule has 2 heterocycles. The van der Waals surface area contributed by atoms with Crippen LogP contribution >= 0.6 is 11.3 Å². The zero-order valence-electron chi connectivity index (χ0n) is 12.8. The van der Waals surface area contributed by atoms with E-state index in [-0.39, 0.29) is 18.6 Å². The van der Waals surface area contributed by atoms with Gasteiger partial charge in [-0.2, -0.15) is 0 Å². The van der Waals surface area contributed by atoms with Crippen LogP contribution in [0, 0.1) is 0 Å². The van der Waals surface area contributed by atoms with Gasteiger partial charge in [0.25, 0.3) is 5.91 Å². The molecule has 0 aliphatic carbocycles. The lowest BCUT2D eigenvalue weighted by molar-refractivity contribution is 0.0916. The highest BCUT2D eigenvalue weighted by atomic mass is 32.1. The van der Waals surface area contributed by atoms with E-state index in [1.807, 2.05) is 54.8 Å². The number of hydrogen-bond donors (Lipinski definition) is 2. The first-order valence-electron chi connectivity index (χ1n) is 7.58. The second-order valence-corrected chi connectivity index (χ2v) is 6.26. The lowest BCUT2D eigenvalue weighted by Crippen LogP contribution is -2.37. The van der Waals surface area contributed by atoms with Crippen LogP contribution in [0.15, 0.2) is 47.8 Å². The molecule has 3 rings (SSSR count). The van der Waals surface area contributed by atoms with E-state index in [4.69, 9.17) is 0 Å². The first-order chi connectivity index (χ1) is 11.2. The van der Waals surface area contributed by atoms with E-state index >= 15 is 0 Å². The molecule has 0 fully saturated rings. The maximum atomic E-state index is 12.7. The molecule has 1 unspecified atom stereocenters. The van der Waals surface area contributed by atoms with Crippen molar-refractivity contribution in [2.75, 3.05) is 6.61 Å². The van der Waals surface area contributed by atoms with Crippen LogP contribution in [0.2, 0.25) is 0 Å². The number of nitrogens with one attached hydrogen (secondary N) is 1. The van der Waals surface area contributed by atoms with Crippen molar-refractivity contribution in [2.24, 2.45) is 0 Å². The molecule has 5 heteroatoms. The van der Waals surface area contributed by atoms with E-state index in [0.717, 1.165) is 21.5 Å². The number of aliphatic hydroxyl groups excluding tert-OH is 1. The minimum absolute atomic E-state index is 0.0664. The van der Waals surface area contributed by atoms with E-state index in [9.17, 15) is 9.90 Å². The van der Waals surface area contributed by atoms with E-state index in [0.29, 0.717) is 12.0 Å². The number of rotatable bonds is 5. The maximum Gasteiger partial charge on any atom is 0.252 e. The molecular formula is C18H18N2O2S. The third-order valence-corrected chi connectivity index (χ3v) is 4.68. The summed E-state index contributed by atoms with van der Waals surface area (Å²) in [5, 5.41) is 15.0. The molecule has 0 saturated heterocycles. The summed E-state index contributed by atoms with van der Waals surface area (Å²) in [7, 11) is 0. The van der Waals surface area contributed by atoms with Crippen molar-refractivity contribution >= 4 is 28.1 Å². The van der Waals surface area contributed by atoms with Gasteiger partial charge in [-0.15, -0.1) is 11.3 Å². The number of fused-ring (bicyclic) bond motifs is 1. The van der Waals surface area contributed by atoms with Gasteiger partial charge in [-0.25, -0.2) is 4.98 Å². The number of benzene rings is 1. The number of hydrogen-bond acceptors (Lipinski definition) is 4. The van der Waals surface area contributed by atoms with Crippen molar-refractivity contribution in [3.63, 3.8) is 0 Å². The normalized spacial score (nSPS) is 12.3. The van der Waals surface area contributed by atoms with Crippen LogP contribution in [0.4, 0.5) is 0 Å². The number of carbonyl (C=O) groups is 1. The molecular weight excluding hydrogens is 308 g/mol. The molecule has 0 spiro atoms. The first-order valence-corrected chi connectivity index (χ1v) is 8.46. The molecule has 1 aromatic carbocycles. The first kappa shape index (κ1) is 15.6. The number of aliphatic hydroxyl groups is 1. The lowest BCUT2D eigenvalue weighted by atomic mass is 10.1. The molecule has 0 aliphatic rings. The van der Waals surface area contributed by atoms with Crippen LogP contribution in [-0.2, 0) is 0 Å². The van der Waals surface area contributed by atoms with Crippen molar-refractivity contribution in [2.45, 2.75) is 19.4 Å². The number of carbonyl (C=O) groups excluding carboxylic acids is 1. The average Bonchev–Trinajstić information content (AvgIpc) is 3.13. The van der Waals surface area contributed by atoms with E-state index in [1.54, 1.807) is 11.3 Å². The van der Waals surface area contributed by atoms with E-state index in [1.165, 1.54) is 0 Å². The van der Waals surface area contributed by atoms with Crippen LogP contribution in [0.3, 0.4) is 0 Å². The summed E-state index contributed by atoms with van der Waals surface area (Å²) in [6, 6.07) is 13.2. The van der Waals surface area contributed by atoms with Gasteiger partial charge in [-0.3, -0.25) is 4.79 Å². The fourth-order valence-corrected chi connectivity index (χ4v) is 3.14. The van der Waals surface area contributed by atoms with Crippen molar-refractivity contribution in [1.82, 2.24) is 10.3 Å². The van der Waals surface area contributed by atoms with Crippen LogP contribution < -0.4 is 5.32 Å². The third-order valence-electron chi connectivity index (χ3n) is 3.78. The maximum absolute atomic E-state index is 12.7. The number of pyridine rings is 1. The molecule has 23 heavy (non-hydrogen) atoms. The second kappa shape index (κ2) is 6.89. The lowest BCUT2D eigenvalue weighted by Gasteiger charge is -2.15. The van der Waals surface area contributed by atoms with Gasteiger partial charge >= 0.3 is 0 Å². The summed E-state index contributed by atoms with van der Waals surface area (Å²) < 4.78 is 0. The van der Waals surface area contributed by atoms with Crippen molar-refractivity contribution in [1.29, 1.82) is 0 Å². The molecule has 1 amide bonds. The van der Waals surface area contributed by atoms with Gasteiger partial charge in [0, 0.05) is 5.39 Å². The van der Waals surface area contributed by atoms with Gasteiger partial charge in [0.1, 0.15) is 0 Å². The zero-order chi connectivity index (χ0) is 16.2. The highest BCUT2D eigenvalue weighted by Gasteiger charge is 2.16. The zero-order valence-corrected chi connectivity index (χ0v) is 13.6. The van der Waals surface area contributed by atoms with Crippen molar-refractivity contribution < 1.29 is 9.90 Å². The van der Waals surface area contributed by atoms with Gasteiger partial charge in [0.2, 0.25) is 0 Å². The summed E-state index contributed by atoms with van der Waals surface area (Å²) in [6.07, 6.45) is 0.684. The number of nitrogens with zero attached hydrogens (tertiary/aromatic N) is 1. The smallest absolute Gasteiger partial charge is 0.252 e. The van der Waals surface area contributed by atoms with Gasteiger partial charge < -0.3 is 10.4 Å². The topological polar surface area (TPSA) is 62.2 Å². The molecule has 3 aromatic rings. The van der Waals surface area contributed by atoms with E-state index in [2.05, 4.69) is 10.3 Å². The summed E-state index contributed by atoms with van der Waals surface area (Å²) in [5.41, 5.74) is 2.17. The number of aromatic nitrogens is 1. The molecule has 0 saturated carbocycles. The van der Waals surface area contributed by atoms with Crippen molar-refractivity contribution in [3.8, 4) is 10.6 Å². The third kappa shape index (κ3) is 3.25. The minimum Gasteiger partial charge on any atom is -0.394 e. The summed E-state index contributed by atoms with van der Waals surface area (Å²) in [4.78, 5) is 18.4. The number of amides is 1. The Labute approximate surface area is 138 Å². The Bertz CT molecular complexity index is 811. The fourth-order valence-electron chi connectivity index (χ4n) is 2.45. The van der Waals surface area contributed by atoms with Crippen LogP contribution in [-0.4, -0.2) is 28.6 Å². The van der Waals surface area contributed by atoms with Gasteiger partial charge in [-0.05, 0) is 30.0 Å². The Kier molecular flexibility index (Phi) is 4.69. The van der Waals surface area contributed by atoms with Crippen LogP contribution in [0.5, 0.6) is 0 Å². The van der Waals surface area contributed by atoms with Gasteiger partial charge in [0.05, 0.1) is 34.3 Å². The quantitative estimate of drug-likeness (QED) is 0.755. The highest BCUT2D eigenvalue weighted by molar-refractivity contribution is 7.13. The summed E-state index contributed by atoms with van der Waals surface area (Å²) >= 11 is 1.59. The fraction of sp³-hybridized carbons (Fsp3) is 0.222. The molecule has 2 aromatic heterocycles. The molecule has 4 nitrogen and oxygen atoms in total. The molecule has 1 atom stereocenters. The Morgan fingerprint density at radius 1 is 1.30 bits per heavy atom. The second-order valence-electron chi connectivity index (χ2n) is 5.31. The molecule has 2 N–H and O–H groups in total. The predicted octanol–water partition coefficient (Wildman–Crippen LogP) is 3.46. The molecule has 0 bridgehead atoms. The van der Waals surface area contributed by atoms with Crippen molar-refractivity contribution in [3.05, 3.63) is 53.4 Å². The Balaban J connectivity index is 2.08. The van der Waals surface area contributed by atoms with E-state index < -0.39 is 0 Å². The predicted molar refractivity (Wildman–Crippen MR) is 93.7 cm³/mol. The van der Waals surface area contributed by atoms with Crippen LogP contribution in [0.1, 0.15) is 23.7 Å². The standard InChI is InChI=1S/C18H18N2O2S/c1-2-12(11-21)19-18(22)14-10-16(17-8-5-9-23-17)20-15-7-4-3-6-13(14)15/h3-10,12,21H,2,11H2,1H3,(H,19,22). The monoisotopic (exact) mass is 326 g/mol. The molecule has 0 radical (unpaired) electrons. The van der Waals surface area contributed by atoms with Crippen LogP contribution in [0.25, 0.3) is 21.5 Å². The SMILES string of the molecule is CCC(CO)NC(=O)c1cc(-c2cccs2)nc2ccccc12. The number of thiophene rings is 1. The average molecular weight is 326 g/mol. The van der Waals surface area contributed by atoms with Gasteiger partial charge in [-0.1, -0.05) is 31.2 Å². The minimum atomic E-state index is -0.236. The molecule has 118 valence electrons. The number of para-hydroxylation sites is 1. The largest absolute Gasteiger partial charge is 0.394 e. The summed E-state index contributed by atoms with van der Waals surface area (Å²) in [5.74, 6) is -0.178.